The molecule has 1 heterocycles. The Hall–Kier alpha value is -2.34. The molecule has 0 spiro atoms. The second kappa shape index (κ2) is 6.21. The van der Waals surface area contributed by atoms with E-state index < -0.39 is 0 Å². The number of benzene rings is 1. The van der Waals surface area contributed by atoms with E-state index in [1.165, 1.54) is 6.33 Å². The number of nitrogens with two attached hydrogens (primary N) is 1. The van der Waals surface area contributed by atoms with Crippen LogP contribution in [-0.2, 0) is 4.74 Å². The first kappa shape index (κ1) is 14.1. The van der Waals surface area contributed by atoms with Gasteiger partial charge < -0.3 is 15.8 Å². The molecule has 1 aromatic carbocycles. The van der Waals surface area contributed by atoms with E-state index in [2.05, 4.69) is 15.3 Å². The highest BCUT2D eigenvalue weighted by Gasteiger charge is 2.09. The average Bonchev–Trinajstić information content (AvgIpc) is 2.44. The molecule has 2 aromatic rings. The standard InChI is InChI=1S/C13H13ClN4O2/c1-2-20-13(19)8-4-3-5-9(6-8)18-12-10(14)11(15)16-7-17-12/h3-7H,2H2,1H3,(H3,15,16,17,18). The number of aromatic nitrogens is 2. The van der Waals surface area contributed by atoms with E-state index in [1.807, 2.05) is 0 Å². The normalized spacial score (nSPS) is 10.1. The minimum Gasteiger partial charge on any atom is -0.462 e. The van der Waals surface area contributed by atoms with Gasteiger partial charge >= 0.3 is 5.97 Å². The van der Waals surface area contributed by atoms with Crippen molar-refractivity contribution in [1.82, 2.24) is 9.97 Å². The molecular formula is C13H13ClN4O2. The molecule has 6 nitrogen and oxygen atoms in total. The first-order valence-electron chi connectivity index (χ1n) is 5.92. The molecule has 0 saturated heterocycles. The quantitative estimate of drug-likeness (QED) is 0.842. The maximum Gasteiger partial charge on any atom is 0.338 e. The number of halogens is 1. The van der Waals surface area contributed by atoms with Crippen molar-refractivity contribution >= 4 is 34.9 Å². The van der Waals surface area contributed by atoms with Crippen LogP contribution in [0.25, 0.3) is 0 Å². The lowest BCUT2D eigenvalue weighted by molar-refractivity contribution is 0.0526. The molecule has 2 rings (SSSR count). The molecule has 0 saturated carbocycles. The van der Waals surface area contributed by atoms with E-state index in [0.717, 1.165) is 0 Å². The zero-order valence-corrected chi connectivity index (χ0v) is 11.5. The van der Waals surface area contributed by atoms with E-state index in [9.17, 15) is 4.79 Å². The molecule has 1 aromatic heterocycles. The Labute approximate surface area is 120 Å². The maximum absolute atomic E-state index is 11.6. The van der Waals surface area contributed by atoms with Gasteiger partial charge in [-0.2, -0.15) is 0 Å². The van der Waals surface area contributed by atoms with Crippen LogP contribution < -0.4 is 11.1 Å². The van der Waals surface area contributed by atoms with Crippen LogP contribution in [0.3, 0.4) is 0 Å². The molecule has 0 atom stereocenters. The predicted octanol–water partition coefficient (Wildman–Crippen LogP) is 2.63. The third-order valence-corrected chi connectivity index (χ3v) is 2.83. The van der Waals surface area contributed by atoms with Gasteiger partial charge in [-0.15, -0.1) is 0 Å². The summed E-state index contributed by atoms with van der Waals surface area (Å²) in [6.45, 7) is 2.08. The van der Waals surface area contributed by atoms with Gasteiger partial charge in [0.2, 0.25) is 0 Å². The van der Waals surface area contributed by atoms with Crippen molar-refractivity contribution in [3.63, 3.8) is 0 Å². The largest absolute Gasteiger partial charge is 0.462 e. The Morgan fingerprint density at radius 3 is 3.00 bits per heavy atom. The molecule has 20 heavy (non-hydrogen) atoms. The average molecular weight is 293 g/mol. The van der Waals surface area contributed by atoms with Crippen molar-refractivity contribution in [2.75, 3.05) is 17.7 Å². The molecule has 0 aliphatic heterocycles. The van der Waals surface area contributed by atoms with Crippen molar-refractivity contribution in [2.24, 2.45) is 0 Å². The van der Waals surface area contributed by atoms with Crippen molar-refractivity contribution in [3.8, 4) is 0 Å². The lowest BCUT2D eigenvalue weighted by Crippen LogP contribution is -2.05. The molecule has 7 heteroatoms. The van der Waals surface area contributed by atoms with Crippen LogP contribution in [0.1, 0.15) is 17.3 Å². The number of rotatable bonds is 4. The van der Waals surface area contributed by atoms with E-state index >= 15 is 0 Å². The van der Waals surface area contributed by atoms with Crippen molar-refractivity contribution in [3.05, 3.63) is 41.2 Å². The molecule has 0 aliphatic rings. The molecule has 0 bridgehead atoms. The summed E-state index contributed by atoms with van der Waals surface area (Å²) in [6, 6.07) is 6.82. The Bertz CT molecular complexity index is 634. The number of hydrogen-bond donors (Lipinski definition) is 2. The van der Waals surface area contributed by atoms with Gasteiger partial charge in [-0.3, -0.25) is 0 Å². The highest BCUT2D eigenvalue weighted by Crippen LogP contribution is 2.26. The number of nitrogens with one attached hydrogen (secondary N) is 1. The SMILES string of the molecule is CCOC(=O)c1cccc(Nc2ncnc(N)c2Cl)c1. The number of esters is 1. The number of nitrogens with zero attached hydrogens (tertiary/aromatic N) is 2. The van der Waals surface area contributed by atoms with Gasteiger partial charge in [-0.25, -0.2) is 14.8 Å². The monoisotopic (exact) mass is 292 g/mol. The lowest BCUT2D eigenvalue weighted by atomic mass is 10.2. The third-order valence-electron chi connectivity index (χ3n) is 2.45. The second-order valence-corrected chi connectivity index (χ2v) is 4.23. The van der Waals surface area contributed by atoms with Crippen LogP contribution in [0.5, 0.6) is 0 Å². The fourth-order valence-electron chi connectivity index (χ4n) is 1.55. The smallest absolute Gasteiger partial charge is 0.338 e. The van der Waals surface area contributed by atoms with Gasteiger partial charge in [0.1, 0.15) is 17.2 Å². The summed E-state index contributed by atoms with van der Waals surface area (Å²) < 4.78 is 4.94. The topological polar surface area (TPSA) is 90.1 Å². The minimum atomic E-state index is -0.385. The van der Waals surface area contributed by atoms with E-state index in [4.69, 9.17) is 22.1 Å². The van der Waals surface area contributed by atoms with Gasteiger partial charge in [-0.1, -0.05) is 17.7 Å². The zero-order chi connectivity index (χ0) is 14.5. The number of nitrogen functional groups attached to an aromatic ring is 1. The summed E-state index contributed by atoms with van der Waals surface area (Å²) in [5, 5.41) is 3.21. The van der Waals surface area contributed by atoms with E-state index in [-0.39, 0.29) is 16.8 Å². The molecular weight excluding hydrogens is 280 g/mol. The summed E-state index contributed by atoms with van der Waals surface area (Å²) in [5.74, 6) is 0.176. The van der Waals surface area contributed by atoms with Crippen LogP contribution in [0.4, 0.5) is 17.3 Å². The summed E-state index contributed by atoms with van der Waals surface area (Å²) in [5.41, 5.74) is 6.68. The van der Waals surface area contributed by atoms with Crippen LogP contribution in [0.15, 0.2) is 30.6 Å². The molecule has 104 valence electrons. The van der Waals surface area contributed by atoms with Crippen molar-refractivity contribution < 1.29 is 9.53 Å². The fourth-order valence-corrected chi connectivity index (χ4v) is 1.69. The molecule has 0 fully saturated rings. The lowest BCUT2D eigenvalue weighted by Gasteiger charge is -2.09. The summed E-state index contributed by atoms with van der Waals surface area (Å²) in [4.78, 5) is 19.4. The van der Waals surface area contributed by atoms with Gasteiger partial charge in [0.05, 0.1) is 12.2 Å². The zero-order valence-electron chi connectivity index (χ0n) is 10.8. The minimum absolute atomic E-state index is 0.186. The number of carbonyl (C=O) groups excluding carboxylic acids is 1. The van der Waals surface area contributed by atoms with Gasteiger partial charge in [-0.05, 0) is 25.1 Å². The third kappa shape index (κ3) is 3.16. The first-order chi connectivity index (χ1) is 9.61. The molecule has 0 aliphatic carbocycles. The maximum atomic E-state index is 11.6. The Morgan fingerprint density at radius 1 is 1.45 bits per heavy atom. The Balaban J connectivity index is 2.24. The number of ether oxygens (including phenoxy) is 1. The van der Waals surface area contributed by atoms with Crippen LogP contribution in [-0.4, -0.2) is 22.5 Å². The van der Waals surface area contributed by atoms with Crippen molar-refractivity contribution in [1.29, 1.82) is 0 Å². The highest BCUT2D eigenvalue weighted by atomic mass is 35.5. The molecule has 0 radical (unpaired) electrons. The van der Waals surface area contributed by atoms with Gasteiger partial charge in [0.15, 0.2) is 5.82 Å². The van der Waals surface area contributed by atoms with Crippen molar-refractivity contribution in [2.45, 2.75) is 6.92 Å². The Morgan fingerprint density at radius 2 is 2.25 bits per heavy atom. The molecule has 0 unspecified atom stereocenters. The fraction of sp³-hybridized carbons (Fsp3) is 0.154. The summed E-state index contributed by atoms with van der Waals surface area (Å²) in [7, 11) is 0. The molecule has 3 N–H and O–H groups in total. The highest BCUT2D eigenvalue weighted by molar-refractivity contribution is 6.35. The van der Waals surface area contributed by atoms with E-state index in [1.54, 1.807) is 31.2 Å². The molecule has 0 amide bonds. The first-order valence-corrected chi connectivity index (χ1v) is 6.29. The number of carbonyl (C=O) groups is 1. The summed E-state index contributed by atoms with van der Waals surface area (Å²) in [6.07, 6.45) is 1.30. The van der Waals surface area contributed by atoms with Gasteiger partial charge in [0.25, 0.3) is 0 Å². The predicted molar refractivity (Wildman–Crippen MR) is 77.1 cm³/mol. The van der Waals surface area contributed by atoms with Crippen LogP contribution in [0, 0.1) is 0 Å². The van der Waals surface area contributed by atoms with E-state index in [0.29, 0.717) is 23.7 Å². The number of hydrogen-bond acceptors (Lipinski definition) is 6. The van der Waals surface area contributed by atoms with Gasteiger partial charge in [0, 0.05) is 5.69 Å². The van der Waals surface area contributed by atoms with Crippen LogP contribution >= 0.6 is 11.6 Å². The second-order valence-electron chi connectivity index (χ2n) is 3.85. The Kier molecular flexibility index (Phi) is 4.37. The number of anilines is 3. The summed E-state index contributed by atoms with van der Waals surface area (Å²) >= 11 is 5.99. The van der Waals surface area contributed by atoms with Crippen LogP contribution in [0.2, 0.25) is 5.02 Å².